The van der Waals surface area contributed by atoms with Crippen LogP contribution in [0.5, 0.6) is 11.5 Å². The molecule has 2 heterocycles. The Balaban J connectivity index is 1.60. The van der Waals surface area contributed by atoms with Gasteiger partial charge in [-0.2, -0.15) is 0 Å². The molecule has 0 radical (unpaired) electrons. The van der Waals surface area contributed by atoms with Crippen molar-refractivity contribution in [2.45, 2.75) is 44.9 Å². The van der Waals surface area contributed by atoms with Gasteiger partial charge in [-0.1, -0.05) is 52.0 Å². The van der Waals surface area contributed by atoms with Crippen LogP contribution in [0.2, 0.25) is 0 Å². The second-order valence-corrected chi connectivity index (χ2v) is 9.56. The number of carbonyl (C=O) groups is 1. The average molecular weight is 427 g/mol. The third kappa shape index (κ3) is 4.10. The van der Waals surface area contributed by atoms with Gasteiger partial charge in [-0.3, -0.25) is 0 Å². The molecule has 160 valence electrons. The topological polar surface area (TPSA) is 50.8 Å². The minimum absolute atomic E-state index is 0.0328. The van der Waals surface area contributed by atoms with Gasteiger partial charge in [-0.05, 0) is 40.7 Å². The predicted octanol–water partition coefficient (Wildman–Crippen LogP) is 5.98. The van der Waals surface area contributed by atoms with Crippen molar-refractivity contribution in [3.8, 4) is 11.5 Å². The first-order chi connectivity index (χ1) is 14.5. The van der Waals surface area contributed by atoms with Gasteiger partial charge < -0.3 is 19.7 Å². The quantitative estimate of drug-likeness (QED) is 0.653. The van der Waals surface area contributed by atoms with Crippen molar-refractivity contribution in [2.24, 2.45) is 0 Å². The van der Waals surface area contributed by atoms with Crippen molar-refractivity contribution in [1.29, 1.82) is 0 Å². The largest absolute Gasteiger partial charge is 0.486 e. The van der Waals surface area contributed by atoms with E-state index in [1.807, 2.05) is 23.1 Å². The van der Waals surface area contributed by atoms with Gasteiger partial charge in [-0.15, -0.1) is 11.8 Å². The van der Waals surface area contributed by atoms with Crippen LogP contribution in [0, 0.1) is 0 Å². The molecule has 6 heteroatoms. The van der Waals surface area contributed by atoms with E-state index in [1.54, 1.807) is 11.8 Å². The second kappa shape index (κ2) is 8.80. The van der Waals surface area contributed by atoms with Gasteiger partial charge in [0.15, 0.2) is 11.5 Å². The Labute approximate surface area is 183 Å². The van der Waals surface area contributed by atoms with E-state index in [2.05, 4.69) is 51.2 Å². The average Bonchev–Trinajstić information content (AvgIpc) is 3.23. The number of thioether (sulfide) groups is 1. The third-order valence-electron chi connectivity index (χ3n) is 5.61. The molecule has 1 N–H and O–H groups in total. The molecule has 0 bridgehead atoms. The Kier molecular flexibility index (Phi) is 6.14. The number of fused-ring (bicyclic) bond motifs is 1. The zero-order valence-electron chi connectivity index (χ0n) is 18.1. The van der Waals surface area contributed by atoms with Crippen molar-refractivity contribution in [2.75, 3.05) is 30.8 Å². The first-order valence-electron chi connectivity index (χ1n) is 10.7. The summed E-state index contributed by atoms with van der Waals surface area (Å²) in [6, 6.07) is 12.3. The maximum atomic E-state index is 13.4. The van der Waals surface area contributed by atoms with Crippen LogP contribution in [0.25, 0.3) is 0 Å². The SMILES string of the molecule is CC(C)c1cccc(C(C)C)c1NC(=O)N1CCSC1c1ccc2c(c1)OCCO2. The Morgan fingerprint density at radius 1 is 1.03 bits per heavy atom. The number of hydrogen-bond donors (Lipinski definition) is 1. The summed E-state index contributed by atoms with van der Waals surface area (Å²) in [5, 5.41) is 3.23. The molecular formula is C24H30N2O3S. The Morgan fingerprint density at radius 2 is 1.70 bits per heavy atom. The van der Waals surface area contributed by atoms with Crippen LogP contribution in [0.15, 0.2) is 36.4 Å². The van der Waals surface area contributed by atoms with Crippen LogP contribution in [-0.2, 0) is 0 Å². The molecule has 1 atom stereocenters. The highest BCUT2D eigenvalue weighted by Gasteiger charge is 2.32. The van der Waals surface area contributed by atoms with Crippen molar-refractivity contribution in [3.63, 3.8) is 0 Å². The predicted molar refractivity (Wildman–Crippen MR) is 123 cm³/mol. The fraction of sp³-hybridized carbons (Fsp3) is 0.458. The lowest BCUT2D eigenvalue weighted by Crippen LogP contribution is -2.35. The van der Waals surface area contributed by atoms with Gasteiger partial charge in [0.25, 0.3) is 0 Å². The number of nitrogens with zero attached hydrogens (tertiary/aromatic N) is 1. The van der Waals surface area contributed by atoms with E-state index >= 15 is 0 Å². The van der Waals surface area contributed by atoms with Crippen LogP contribution in [0.1, 0.15) is 61.6 Å². The lowest BCUT2D eigenvalue weighted by molar-refractivity contribution is 0.171. The van der Waals surface area contributed by atoms with Gasteiger partial charge >= 0.3 is 6.03 Å². The summed E-state index contributed by atoms with van der Waals surface area (Å²) in [7, 11) is 0. The molecule has 0 saturated carbocycles. The minimum atomic E-state index is -0.0464. The van der Waals surface area contributed by atoms with Crippen molar-refractivity contribution in [3.05, 3.63) is 53.1 Å². The van der Waals surface area contributed by atoms with Crippen molar-refractivity contribution < 1.29 is 14.3 Å². The smallest absolute Gasteiger partial charge is 0.323 e. The summed E-state index contributed by atoms with van der Waals surface area (Å²) >= 11 is 1.78. The molecule has 1 saturated heterocycles. The van der Waals surface area contributed by atoms with Gasteiger partial charge in [-0.25, -0.2) is 4.79 Å². The molecule has 4 rings (SSSR count). The number of nitrogens with one attached hydrogen (secondary N) is 1. The Bertz CT molecular complexity index is 902. The fourth-order valence-electron chi connectivity index (χ4n) is 4.04. The molecule has 2 aliphatic rings. The summed E-state index contributed by atoms with van der Waals surface area (Å²) < 4.78 is 11.4. The van der Waals surface area contributed by atoms with E-state index in [1.165, 1.54) is 11.1 Å². The molecule has 0 aliphatic carbocycles. The standard InChI is InChI=1S/C24H30N2O3S/c1-15(2)18-6-5-7-19(16(3)4)22(18)25-24(27)26-10-13-30-23(26)17-8-9-20-21(14-17)29-12-11-28-20/h5-9,14-16,23H,10-13H2,1-4H3,(H,25,27). The highest BCUT2D eigenvalue weighted by atomic mass is 32.2. The number of rotatable bonds is 4. The summed E-state index contributed by atoms with van der Waals surface area (Å²) in [4.78, 5) is 15.3. The lowest BCUT2D eigenvalue weighted by Gasteiger charge is -2.28. The van der Waals surface area contributed by atoms with Gasteiger partial charge in [0.05, 0.1) is 0 Å². The zero-order chi connectivity index (χ0) is 21.3. The van der Waals surface area contributed by atoms with Crippen LogP contribution in [-0.4, -0.2) is 36.4 Å². The summed E-state index contributed by atoms with van der Waals surface area (Å²) in [5.41, 5.74) is 4.39. The molecule has 2 amide bonds. The maximum absolute atomic E-state index is 13.4. The van der Waals surface area contributed by atoms with E-state index in [0.717, 1.165) is 35.0 Å². The third-order valence-corrected chi connectivity index (χ3v) is 6.87. The second-order valence-electron chi connectivity index (χ2n) is 8.37. The molecule has 2 aliphatic heterocycles. The number of amides is 2. The molecule has 2 aromatic carbocycles. The first kappa shape index (κ1) is 20.9. The highest BCUT2D eigenvalue weighted by Crippen LogP contribution is 2.42. The van der Waals surface area contributed by atoms with Crippen LogP contribution >= 0.6 is 11.8 Å². The van der Waals surface area contributed by atoms with Gasteiger partial charge in [0.2, 0.25) is 0 Å². The highest BCUT2D eigenvalue weighted by molar-refractivity contribution is 7.99. The lowest BCUT2D eigenvalue weighted by atomic mass is 9.93. The molecule has 30 heavy (non-hydrogen) atoms. The van der Waals surface area contributed by atoms with Gasteiger partial charge in [0.1, 0.15) is 18.6 Å². The molecule has 0 aromatic heterocycles. The van der Waals surface area contributed by atoms with E-state index in [0.29, 0.717) is 25.0 Å². The monoisotopic (exact) mass is 426 g/mol. The normalized spacial score (nSPS) is 18.2. The maximum Gasteiger partial charge on any atom is 0.323 e. The van der Waals surface area contributed by atoms with E-state index in [9.17, 15) is 4.79 Å². The van der Waals surface area contributed by atoms with E-state index in [-0.39, 0.29) is 11.4 Å². The first-order valence-corrected chi connectivity index (χ1v) is 11.7. The van der Waals surface area contributed by atoms with Gasteiger partial charge in [0, 0.05) is 18.0 Å². The number of carbonyl (C=O) groups excluding carboxylic acids is 1. The molecule has 2 aromatic rings. The molecule has 1 fully saturated rings. The summed E-state index contributed by atoms with van der Waals surface area (Å²) in [6.07, 6.45) is 0. The Hall–Kier alpha value is -2.34. The summed E-state index contributed by atoms with van der Waals surface area (Å²) in [6.45, 7) is 10.5. The van der Waals surface area contributed by atoms with Crippen molar-refractivity contribution in [1.82, 2.24) is 4.90 Å². The van der Waals surface area contributed by atoms with Crippen LogP contribution in [0.3, 0.4) is 0 Å². The zero-order valence-corrected chi connectivity index (χ0v) is 18.9. The van der Waals surface area contributed by atoms with Crippen molar-refractivity contribution >= 4 is 23.5 Å². The number of hydrogen-bond acceptors (Lipinski definition) is 4. The molecular weight excluding hydrogens is 396 g/mol. The van der Waals surface area contributed by atoms with Crippen LogP contribution in [0.4, 0.5) is 10.5 Å². The summed E-state index contributed by atoms with van der Waals surface area (Å²) in [5.74, 6) is 3.12. The molecule has 1 unspecified atom stereocenters. The van der Waals surface area contributed by atoms with Crippen LogP contribution < -0.4 is 14.8 Å². The number of urea groups is 1. The number of ether oxygens (including phenoxy) is 2. The molecule has 5 nitrogen and oxygen atoms in total. The fourth-order valence-corrected chi connectivity index (χ4v) is 5.29. The van der Waals surface area contributed by atoms with E-state index in [4.69, 9.17) is 9.47 Å². The number of anilines is 1. The number of para-hydroxylation sites is 1. The van der Waals surface area contributed by atoms with E-state index < -0.39 is 0 Å². The Morgan fingerprint density at radius 3 is 2.37 bits per heavy atom. The molecule has 0 spiro atoms. The minimum Gasteiger partial charge on any atom is -0.486 e. The number of benzene rings is 2.